The van der Waals surface area contributed by atoms with E-state index in [-0.39, 0.29) is 18.2 Å². The number of hydrogen-bond donors (Lipinski definition) is 2. The predicted molar refractivity (Wildman–Crippen MR) is 116 cm³/mol. The Morgan fingerprint density at radius 1 is 0.968 bits per heavy atom. The van der Waals surface area contributed by atoms with Crippen molar-refractivity contribution < 1.29 is 28.7 Å². The van der Waals surface area contributed by atoms with Crippen LogP contribution >= 0.6 is 0 Å². The Labute approximate surface area is 184 Å². The molecule has 2 amide bonds. The minimum atomic E-state index is -0.937. The van der Waals surface area contributed by atoms with Gasteiger partial charge in [0.15, 0.2) is 0 Å². The molecule has 0 aliphatic rings. The smallest absolute Gasteiger partial charge is 0.338 e. The van der Waals surface area contributed by atoms with Crippen LogP contribution < -0.4 is 10.6 Å². The van der Waals surface area contributed by atoms with E-state index in [0.717, 1.165) is 5.56 Å². The van der Waals surface area contributed by atoms with Crippen LogP contribution in [0, 0.1) is 5.92 Å². The Hall–Kier alpha value is -2.90. The third kappa shape index (κ3) is 9.63. The number of carbonyl (C=O) groups is 4. The second-order valence-corrected chi connectivity index (χ2v) is 8.87. The maximum atomic E-state index is 12.7. The second kappa shape index (κ2) is 11.5. The van der Waals surface area contributed by atoms with E-state index in [0.29, 0.717) is 12.0 Å². The Bertz CT molecular complexity index is 780. The summed E-state index contributed by atoms with van der Waals surface area (Å²) < 4.78 is 10.2. The summed E-state index contributed by atoms with van der Waals surface area (Å²) in [6.45, 7) is 10.6. The zero-order chi connectivity index (χ0) is 23.8. The van der Waals surface area contributed by atoms with Gasteiger partial charge in [-0.2, -0.15) is 0 Å². The largest absolute Gasteiger partial charge is 0.467 e. The second-order valence-electron chi connectivity index (χ2n) is 8.87. The van der Waals surface area contributed by atoms with Gasteiger partial charge in [-0.25, -0.2) is 9.59 Å². The lowest BCUT2D eigenvalue weighted by molar-refractivity contribution is -0.145. The molecule has 2 N–H and O–H groups in total. The fourth-order valence-corrected chi connectivity index (χ4v) is 2.91. The molecule has 0 heterocycles. The van der Waals surface area contributed by atoms with Crippen LogP contribution in [0.4, 0.5) is 0 Å². The van der Waals surface area contributed by atoms with Crippen molar-refractivity contribution in [1.82, 2.24) is 10.6 Å². The van der Waals surface area contributed by atoms with E-state index in [1.54, 1.807) is 45.0 Å². The number of methoxy groups -OCH3 is 1. The summed E-state index contributed by atoms with van der Waals surface area (Å²) in [6.07, 6.45) is 0.603. The van der Waals surface area contributed by atoms with E-state index < -0.39 is 35.5 Å². The van der Waals surface area contributed by atoms with Crippen molar-refractivity contribution >= 4 is 23.8 Å². The molecule has 0 saturated heterocycles. The van der Waals surface area contributed by atoms with Gasteiger partial charge in [0, 0.05) is 13.3 Å². The molecule has 1 aromatic carbocycles. The molecule has 0 fully saturated rings. The van der Waals surface area contributed by atoms with Crippen LogP contribution in [0.3, 0.4) is 0 Å². The van der Waals surface area contributed by atoms with Gasteiger partial charge in [0.25, 0.3) is 0 Å². The van der Waals surface area contributed by atoms with Gasteiger partial charge in [0.05, 0.1) is 12.7 Å². The number of amides is 2. The van der Waals surface area contributed by atoms with E-state index in [1.807, 2.05) is 13.8 Å². The Kier molecular flexibility index (Phi) is 9.68. The first-order chi connectivity index (χ1) is 14.3. The van der Waals surface area contributed by atoms with Crippen LogP contribution in [0.25, 0.3) is 0 Å². The molecule has 0 bridgehead atoms. The molecule has 1 aromatic rings. The lowest BCUT2D eigenvalue weighted by atomic mass is 10.0. The van der Waals surface area contributed by atoms with Crippen LogP contribution in [-0.2, 0) is 30.3 Å². The molecule has 0 radical (unpaired) electrons. The quantitative estimate of drug-likeness (QED) is 0.578. The minimum absolute atomic E-state index is 0.166. The molecule has 1 rings (SSSR count). The highest BCUT2D eigenvalue weighted by molar-refractivity contribution is 5.91. The van der Waals surface area contributed by atoms with Gasteiger partial charge in [-0.15, -0.1) is 0 Å². The van der Waals surface area contributed by atoms with Crippen molar-refractivity contribution in [3.8, 4) is 0 Å². The number of esters is 2. The molecule has 0 saturated carbocycles. The summed E-state index contributed by atoms with van der Waals surface area (Å²) in [5.74, 6) is -1.66. The predicted octanol–water partition coefficient (Wildman–Crippen LogP) is 2.39. The van der Waals surface area contributed by atoms with Gasteiger partial charge in [0.2, 0.25) is 11.8 Å². The number of rotatable bonds is 9. The molecule has 0 unspecified atom stereocenters. The van der Waals surface area contributed by atoms with Crippen LogP contribution in [-0.4, -0.2) is 48.5 Å². The van der Waals surface area contributed by atoms with Gasteiger partial charge in [-0.05, 0) is 50.8 Å². The Morgan fingerprint density at radius 3 is 2.00 bits per heavy atom. The average Bonchev–Trinajstić information content (AvgIpc) is 2.64. The molecule has 0 aliphatic carbocycles. The monoisotopic (exact) mass is 434 g/mol. The summed E-state index contributed by atoms with van der Waals surface area (Å²) in [6, 6.07) is 4.92. The first kappa shape index (κ1) is 26.1. The van der Waals surface area contributed by atoms with Gasteiger partial charge in [-0.1, -0.05) is 26.0 Å². The van der Waals surface area contributed by atoms with E-state index >= 15 is 0 Å². The number of carbonyl (C=O) groups excluding carboxylic acids is 4. The summed E-state index contributed by atoms with van der Waals surface area (Å²) in [7, 11) is 1.24. The highest BCUT2D eigenvalue weighted by Gasteiger charge is 2.27. The molecule has 2 atom stereocenters. The normalized spacial score (nSPS) is 13.2. The number of benzene rings is 1. The Balaban J connectivity index is 2.93. The zero-order valence-electron chi connectivity index (χ0n) is 19.4. The molecule has 8 nitrogen and oxygen atoms in total. The zero-order valence-corrected chi connectivity index (χ0v) is 19.4. The van der Waals surface area contributed by atoms with Crippen molar-refractivity contribution in [1.29, 1.82) is 0 Å². The average molecular weight is 435 g/mol. The van der Waals surface area contributed by atoms with Crippen LogP contribution in [0.5, 0.6) is 0 Å². The number of ether oxygens (including phenoxy) is 2. The van der Waals surface area contributed by atoms with Crippen molar-refractivity contribution in [3.63, 3.8) is 0 Å². The van der Waals surface area contributed by atoms with Crippen molar-refractivity contribution in [2.45, 2.75) is 72.1 Å². The summed E-state index contributed by atoms with van der Waals surface area (Å²) in [5.41, 5.74) is 0.513. The summed E-state index contributed by atoms with van der Waals surface area (Å²) >= 11 is 0. The molecule has 0 aliphatic heterocycles. The van der Waals surface area contributed by atoms with Crippen LogP contribution in [0.2, 0.25) is 0 Å². The first-order valence-corrected chi connectivity index (χ1v) is 10.3. The van der Waals surface area contributed by atoms with E-state index in [1.165, 1.54) is 14.0 Å². The van der Waals surface area contributed by atoms with Crippen LogP contribution in [0.15, 0.2) is 24.3 Å². The maximum absolute atomic E-state index is 12.7. The molecule has 0 spiro atoms. The SMILES string of the molecule is COC(=O)[C@@H](Cc1ccc(C(=O)OC(C)(C)C)cc1)NC(=O)[C@H](CC(C)C)NC(C)=O. The number of nitrogens with one attached hydrogen (secondary N) is 2. The lowest BCUT2D eigenvalue weighted by Crippen LogP contribution is -2.52. The molecule has 172 valence electrons. The fraction of sp³-hybridized carbons (Fsp3) is 0.565. The standard InChI is InChI=1S/C23H34N2O6/c1-14(2)12-18(24-15(3)26)20(27)25-19(22(29)30-7)13-16-8-10-17(11-9-16)21(28)31-23(4,5)6/h8-11,14,18-19H,12-13H2,1-7H3,(H,24,26)(H,25,27)/t18-,19+/m0/s1. The lowest BCUT2D eigenvalue weighted by Gasteiger charge is -2.23. The van der Waals surface area contributed by atoms with Crippen molar-refractivity contribution in [3.05, 3.63) is 35.4 Å². The fourth-order valence-electron chi connectivity index (χ4n) is 2.91. The maximum Gasteiger partial charge on any atom is 0.338 e. The van der Waals surface area contributed by atoms with Crippen molar-refractivity contribution in [2.24, 2.45) is 5.92 Å². The highest BCUT2D eigenvalue weighted by Crippen LogP contribution is 2.14. The van der Waals surface area contributed by atoms with E-state index in [2.05, 4.69) is 10.6 Å². The minimum Gasteiger partial charge on any atom is -0.467 e. The molecular formula is C23H34N2O6. The summed E-state index contributed by atoms with van der Waals surface area (Å²) in [4.78, 5) is 48.6. The first-order valence-electron chi connectivity index (χ1n) is 10.3. The van der Waals surface area contributed by atoms with Gasteiger partial charge in [0.1, 0.15) is 17.7 Å². The third-order valence-electron chi connectivity index (χ3n) is 4.23. The highest BCUT2D eigenvalue weighted by atomic mass is 16.6. The molecule has 0 aromatic heterocycles. The molecule has 8 heteroatoms. The summed E-state index contributed by atoms with van der Waals surface area (Å²) in [5, 5.41) is 5.30. The molecule has 31 heavy (non-hydrogen) atoms. The van der Waals surface area contributed by atoms with Crippen molar-refractivity contribution in [2.75, 3.05) is 7.11 Å². The number of hydrogen-bond acceptors (Lipinski definition) is 6. The van der Waals surface area contributed by atoms with E-state index in [4.69, 9.17) is 9.47 Å². The Morgan fingerprint density at radius 2 is 1.55 bits per heavy atom. The van der Waals surface area contributed by atoms with Gasteiger partial charge in [-0.3, -0.25) is 9.59 Å². The van der Waals surface area contributed by atoms with Crippen LogP contribution in [0.1, 0.15) is 63.9 Å². The molecular weight excluding hydrogens is 400 g/mol. The van der Waals surface area contributed by atoms with Gasteiger partial charge < -0.3 is 20.1 Å². The third-order valence-corrected chi connectivity index (χ3v) is 4.23. The van der Waals surface area contributed by atoms with Gasteiger partial charge >= 0.3 is 11.9 Å². The topological polar surface area (TPSA) is 111 Å². The van der Waals surface area contributed by atoms with E-state index in [9.17, 15) is 19.2 Å².